The number of fused-ring (bicyclic) bond motifs is 1. The molecule has 0 aromatic heterocycles. The van der Waals surface area contributed by atoms with Gasteiger partial charge in [0.1, 0.15) is 0 Å². The van der Waals surface area contributed by atoms with E-state index < -0.39 is 11.9 Å². The molecule has 1 saturated carbocycles. The first kappa shape index (κ1) is 22.8. The van der Waals surface area contributed by atoms with Crippen molar-refractivity contribution in [1.29, 1.82) is 0 Å². The quantitative estimate of drug-likeness (QED) is 0.558. The third-order valence-corrected chi connectivity index (χ3v) is 6.83. The number of carbonyl (C=O) groups is 2. The molecule has 1 amide bonds. The van der Waals surface area contributed by atoms with E-state index in [1.165, 1.54) is 17.7 Å². The summed E-state index contributed by atoms with van der Waals surface area (Å²) >= 11 is 0. The highest BCUT2D eigenvalue weighted by Gasteiger charge is 2.45. The third kappa shape index (κ3) is 4.71. The second-order valence-electron chi connectivity index (χ2n) is 8.66. The predicted molar refractivity (Wildman–Crippen MR) is 124 cm³/mol. The smallest absolute Gasteiger partial charge is 0.336 e. The highest BCUT2D eigenvalue weighted by molar-refractivity contribution is 6.05. The van der Waals surface area contributed by atoms with Crippen molar-refractivity contribution >= 4 is 17.6 Å². The van der Waals surface area contributed by atoms with Crippen LogP contribution in [0.25, 0.3) is 0 Å². The van der Waals surface area contributed by atoms with Crippen LogP contribution < -0.4 is 20.2 Å². The molecule has 1 aliphatic heterocycles. The summed E-state index contributed by atoms with van der Waals surface area (Å²) in [4.78, 5) is 23.9. The minimum Gasteiger partial charge on any atom is -0.493 e. The molecule has 2 aromatic carbocycles. The summed E-state index contributed by atoms with van der Waals surface area (Å²) in [6, 6.07) is 12.5. The van der Waals surface area contributed by atoms with Crippen LogP contribution >= 0.6 is 0 Å². The largest absolute Gasteiger partial charge is 0.493 e. The summed E-state index contributed by atoms with van der Waals surface area (Å²) in [5.41, 5.74) is 4.88. The number of ether oxygens (including phenoxy) is 2. The molecule has 2 fully saturated rings. The summed E-state index contributed by atoms with van der Waals surface area (Å²) in [6.45, 7) is 0.948. The Morgan fingerprint density at radius 1 is 1.12 bits per heavy atom. The van der Waals surface area contributed by atoms with Crippen LogP contribution in [0.1, 0.15) is 52.0 Å². The Balaban J connectivity index is 1.45. The number of nitrogens with one attached hydrogen (secondary N) is 2. The van der Waals surface area contributed by atoms with Gasteiger partial charge in [-0.25, -0.2) is 10.2 Å². The number of rotatable bonds is 7. The molecule has 8 heteroatoms. The van der Waals surface area contributed by atoms with Crippen LogP contribution in [0.5, 0.6) is 11.5 Å². The van der Waals surface area contributed by atoms with E-state index in [1.807, 2.05) is 12.1 Å². The van der Waals surface area contributed by atoms with E-state index in [0.717, 1.165) is 55.9 Å². The van der Waals surface area contributed by atoms with Gasteiger partial charge in [0.25, 0.3) is 5.91 Å². The van der Waals surface area contributed by atoms with Crippen LogP contribution in [0.2, 0.25) is 0 Å². The Kier molecular flexibility index (Phi) is 6.65. The molecule has 0 bridgehead atoms. The van der Waals surface area contributed by atoms with Crippen molar-refractivity contribution in [3.8, 4) is 11.5 Å². The number of aromatic carboxylic acids is 1. The standard InChI is InChI=1S/C25H29N3O5/c1-32-20-8-7-16(13-21(20)33-2)15-25-10-9-17(14-22(25)26-12-11-25)27-28-23(29)18-5-3-4-6-19(18)24(30)31/h3-8,13,22,26H,9-12,14-15H2,1-2H3,(H,28,29)(H,30,31)/t22-,25+/m0/s1. The molecule has 33 heavy (non-hydrogen) atoms. The number of methoxy groups -OCH3 is 2. The minimum absolute atomic E-state index is 0.0368. The summed E-state index contributed by atoms with van der Waals surface area (Å²) in [6.07, 6.45) is 4.49. The number of hydrazone groups is 1. The zero-order chi connectivity index (χ0) is 23.4. The van der Waals surface area contributed by atoms with Gasteiger partial charge in [0.05, 0.1) is 25.3 Å². The molecule has 8 nitrogen and oxygen atoms in total. The monoisotopic (exact) mass is 451 g/mol. The van der Waals surface area contributed by atoms with Gasteiger partial charge in [-0.3, -0.25) is 4.79 Å². The van der Waals surface area contributed by atoms with Crippen LogP contribution in [0, 0.1) is 5.41 Å². The highest BCUT2D eigenvalue weighted by Crippen LogP contribution is 2.45. The first-order valence-corrected chi connectivity index (χ1v) is 11.1. The van der Waals surface area contributed by atoms with Crippen molar-refractivity contribution in [1.82, 2.24) is 10.7 Å². The van der Waals surface area contributed by atoms with Crippen molar-refractivity contribution in [2.75, 3.05) is 20.8 Å². The fourth-order valence-electron chi connectivity index (χ4n) is 5.06. The number of carboxylic acid groups (broad SMARTS) is 1. The van der Waals surface area contributed by atoms with E-state index in [0.29, 0.717) is 0 Å². The molecule has 0 unspecified atom stereocenters. The van der Waals surface area contributed by atoms with Crippen LogP contribution in [-0.2, 0) is 6.42 Å². The second-order valence-corrected chi connectivity index (χ2v) is 8.66. The van der Waals surface area contributed by atoms with Gasteiger partial charge in [0.2, 0.25) is 0 Å². The highest BCUT2D eigenvalue weighted by atomic mass is 16.5. The molecule has 0 spiro atoms. The molecule has 4 rings (SSSR count). The summed E-state index contributed by atoms with van der Waals surface area (Å²) < 4.78 is 10.8. The number of amides is 1. The number of hydrogen-bond donors (Lipinski definition) is 3. The van der Waals surface area contributed by atoms with Crippen LogP contribution in [0.4, 0.5) is 0 Å². The van der Waals surface area contributed by atoms with E-state index in [2.05, 4.69) is 21.9 Å². The Labute approximate surface area is 193 Å². The van der Waals surface area contributed by atoms with Gasteiger partial charge < -0.3 is 19.9 Å². The Morgan fingerprint density at radius 3 is 2.61 bits per heavy atom. The summed E-state index contributed by atoms with van der Waals surface area (Å²) in [5.74, 6) is -0.197. The first-order valence-electron chi connectivity index (χ1n) is 11.1. The number of nitrogens with zero attached hydrogens (tertiary/aromatic N) is 1. The number of benzene rings is 2. The van der Waals surface area contributed by atoms with E-state index in [-0.39, 0.29) is 22.6 Å². The van der Waals surface area contributed by atoms with Gasteiger partial charge in [0.15, 0.2) is 11.5 Å². The molecule has 174 valence electrons. The molecular formula is C25H29N3O5. The lowest BCUT2D eigenvalue weighted by atomic mass is 9.67. The van der Waals surface area contributed by atoms with Crippen LogP contribution in [0.15, 0.2) is 47.6 Å². The molecule has 1 heterocycles. The topological polar surface area (TPSA) is 109 Å². The fraction of sp³-hybridized carbons (Fsp3) is 0.400. The zero-order valence-corrected chi connectivity index (χ0v) is 18.9. The van der Waals surface area contributed by atoms with Crippen LogP contribution in [-0.4, -0.2) is 49.5 Å². The molecule has 1 saturated heterocycles. The SMILES string of the molecule is COc1ccc(C[C@@]23CCN[C@H]2CC(=NNC(=O)c2ccccc2C(=O)O)CC3)cc1OC. The Hall–Kier alpha value is -3.39. The van der Waals surface area contributed by atoms with Gasteiger partial charge in [0, 0.05) is 18.2 Å². The van der Waals surface area contributed by atoms with Crippen molar-refractivity contribution in [2.45, 2.75) is 38.1 Å². The number of hydrogen-bond acceptors (Lipinski definition) is 6. The number of carbonyl (C=O) groups excluding carboxylic acids is 1. The lowest BCUT2D eigenvalue weighted by molar-refractivity contribution is 0.0691. The maximum Gasteiger partial charge on any atom is 0.336 e. The number of carboxylic acids is 1. The van der Waals surface area contributed by atoms with Crippen molar-refractivity contribution in [3.63, 3.8) is 0 Å². The van der Waals surface area contributed by atoms with E-state index in [9.17, 15) is 14.7 Å². The molecule has 2 aromatic rings. The molecule has 0 radical (unpaired) electrons. The second kappa shape index (κ2) is 9.62. The van der Waals surface area contributed by atoms with Crippen molar-refractivity contribution in [3.05, 3.63) is 59.2 Å². The van der Waals surface area contributed by atoms with Crippen LogP contribution in [0.3, 0.4) is 0 Å². The lowest BCUT2D eigenvalue weighted by Gasteiger charge is -2.40. The summed E-state index contributed by atoms with van der Waals surface area (Å²) in [7, 11) is 3.28. The average Bonchev–Trinajstić information content (AvgIpc) is 3.25. The van der Waals surface area contributed by atoms with Gasteiger partial charge in [-0.15, -0.1) is 0 Å². The fourth-order valence-corrected chi connectivity index (χ4v) is 5.06. The molecule has 3 N–H and O–H groups in total. The van der Waals surface area contributed by atoms with Gasteiger partial charge in [-0.2, -0.15) is 5.10 Å². The van der Waals surface area contributed by atoms with E-state index in [1.54, 1.807) is 26.4 Å². The van der Waals surface area contributed by atoms with Gasteiger partial charge >= 0.3 is 5.97 Å². The average molecular weight is 452 g/mol. The maximum absolute atomic E-state index is 12.5. The third-order valence-electron chi connectivity index (χ3n) is 6.83. The molecule has 2 aliphatic rings. The minimum atomic E-state index is -1.14. The maximum atomic E-state index is 12.5. The molecule has 1 aliphatic carbocycles. The molecule has 2 atom stereocenters. The summed E-state index contributed by atoms with van der Waals surface area (Å²) in [5, 5.41) is 17.3. The van der Waals surface area contributed by atoms with Gasteiger partial charge in [-0.1, -0.05) is 18.2 Å². The zero-order valence-electron chi connectivity index (χ0n) is 18.9. The van der Waals surface area contributed by atoms with E-state index in [4.69, 9.17) is 9.47 Å². The Bertz CT molecular complexity index is 1080. The normalized spacial score (nSPS) is 23.1. The molecular weight excluding hydrogens is 422 g/mol. The lowest BCUT2D eigenvalue weighted by Crippen LogP contribution is -2.44. The Morgan fingerprint density at radius 2 is 1.88 bits per heavy atom. The predicted octanol–water partition coefficient (Wildman–Crippen LogP) is 3.26. The van der Waals surface area contributed by atoms with Crippen molar-refractivity contribution in [2.24, 2.45) is 10.5 Å². The van der Waals surface area contributed by atoms with Gasteiger partial charge in [-0.05, 0) is 67.5 Å². The first-order chi connectivity index (χ1) is 16.0. The van der Waals surface area contributed by atoms with E-state index >= 15 is 0 Å². The van der Waals surface area contributed by atoms with Crippen molar-refractivity contribution < 1.29 is 24.2 Å².